The van der Waals surface area contributed by atoms with Gasteiger partial charge in [-0.3, -0.25) is 0 Å². The molecule has 1 rings (SSSR count). The van der Waals surface area contributed by atoms with E-state index in [4.69, 9.17) is 5.11 Å². The third-order valence-electron chi connectivity index (χ3n) is 3.08. The number of hydrogen-bond acceptors (Lipinski definition) is 3. The van der Waals surface area contributed by atoms with Gasteiger partial charge in [-0.05, 0) is 26.2 Å². The van der Waals surface area contributed by atoms with Crippen LogP contribution in [0.5, 0.6) is 0 Å². The number of aliphatic hydroxyl groups excluding tert-OH is 1. The van der Waals surface area contributed by atoms with Crippen molar-refractivity contribution >= 4 is 0 Å². The molecule has 3 heteroatoms. The van der Waals surface area contributed by atoms with Gasteiger partial charge < -0.3 is 15.7 Å². The Morgan fingerprint density at radius 3 is 2.86 bits per heavy atom. The number of hydrogen-bond donors (Lipinski definition) is 3. The van der Waals surface area contributed by atoms with Crippen molar-refractivity contribution in [3.8, 4) is 0 Å². The Morgan fingerprint density at radius 2 is 2.29 bits per heavy atom. The van der Waals surface area contributed by atoms with E-state index < -0.39 is 0 Å². The average Bonchev–Trinajstić information content (AvgIpc) is 2.19. The maximum Gasteiger partial charge on any atom is 0.0584 e. The summed E-state index contributed by atoms with van der Waals surface area (Å²) in [6.45, 7) is 5.59. The first-order chi connectivity index (χ1) is 6.76. The van der Waals surface area contributed by atoms with Crippen LogP contribution >= 0.6 is 0 Å². The molecule has 0 amide bonds. The zero-order valence-electron chi connectivity index (χ0n) is 9.42. The maximum atomic E-state index is 9.02. The van der Waals surface area contributed by atoms with Crippen LogP contribution in [0.4, 0.5) is 0 Å². The van der Waals surface area contributed by atoms with Crippen LogP contribution < -0.4 is 10.6 Å². The van der Waals surface area contributed by atoms with Crippen LogP contribution in [0, 0.1) is 0 Å². The van der Waals surface area contributed by atoms with Crippen molar-refractivity contribution in [2.24, 2.45) is 0 Å². The van der Waals surface area contributed by atoms with Gasteiger partial charge in [0, 0.05) is 24.7 Å². The van der Waals surface area contributed by atoms with Gasteiger partial charge in [0.2, 0.25) is 0 Å². The fourth-order valence-corrected chi connectivity index (χ4v) is 2.05. The van der Waals surface area contributed by atoms with Crippen molar-refractivity contribution in [3.05, 3.63) is 0 Å². The van der Waals surface area contributed by atoms with E-state index >= 15 is 0 Å². The lowest BCUT2D eigenvalue weighted by molar-refractivity contribution is 0.228. The molecule has 1 saturated heterocycles. The Hall–Kier alpha value is -0.120. The molecule has 3 unspecified atom stereocenters. The van der Waals surface area contributed by atoms with Crippen molar-refractivity contribution in [1.82, 2.24) is 10.6 Å². The lowest BCUT2D eigenvalue weighted by Crippen LogP contribution is -2.48. The topological polar surface area (TPSA) is 44.3 Å². The summed E-state index contributed by atoms with van der Waals surface area (Å²) in [6, 6.07) is 1.53. The predicted molar refractivity (Wildman–Crippen MR) is 59.4 cm³/mol. The molecule has 3 nitrogen and oxygen atoms in total. The van der Waals surface area contributed by atoms with Crippen LogP contribution in [-0.2, 0) is 0 Å². The Kier molecular flexibility index (Phi) is 5.45. The number of aliphatic hydroxyl groups is 1. The Labute approximate surface area is 87.3 Å². The second-order valence-corrected chi connectivity index (χ2v) is 4.39. The van der Waals surface area contributed by atoms with Gasteiger partial charge >= 0.3 is 0 Å². The first-order valence-electron chi connectivity index (χ1n) is 5.86. The molecule has 14 heavy (non-hydrogen) atoms. The monoisotopic (exact) mass is 200 g/mol. The standard InChI is InChI=1S/C11H24N2O/c1-3-10(8-14)12-7-11-6-4-5-9(2)13-11/h9-14H,3-8H2,1-2H3. The summed E-state index contributed by atoms with van der Waals surface area (Å²) in [6.07, 6.45) is 4.89. The summed E-state index contributed by atoms with van der Waals surface area (Å²) < 4.78 is 0. The number of piperidine rings is 1. The molecule has 0 aliphatic carbocycles. The third kappa shape index (κ3) is 3.95. The Balaban J connectivity index is 2.16. The molecule has 0 radical (unpaired) electrons. The summed E-state index contributed by atoms with van der Waals surface area (Å²) in [4.78, 5) is 0. The normalized spacial score (nSPS) is 30.2. The molecule has 1 heterocycles. The number of rotatable bonds is 5. The molecule has 1 fully saturated rings. The van der Waals surface area contributed by atoms with E-state index in [9.17, 15) is 0 Å². The molecule has 84 valence electrons. The lowest BCUT2D eigenvalue weighted by atomic mass is 9.99. The molecular formula is C11H24N2O. The molecule has 1 aliphatic rings. The van der Waals surface area contributed by atoms with E-state index in [1.54, 1.807) is 0 Å². The fourth-order valence-electron chi connectivity index (χ4n) is 2.05. The van der Waals surface area contributed by atoms with Crippen molar-refractivity contribution in [1.29, 1.82) is 0 Å². The maximum absolute atomic E-state index is 9.02. The van der Waals surface area contributed by atoms with E-state index in [2.05, 4.69) is 24.5 Å². The van der Waals surface area contributed by atoms with Gasteiger partial charge in [0.25, 0.3) is 0 Å². The van der Waals surface area contributed by atoms with Crippen LogP contribution in [0.1, 0.15) is 39.5 Å². The molecule has 0 bridgehead atoms. The molecule has 3 atom stereocenters. The highest BCUT2D eigenvalue weighted by Crippen LogP contribution is 2.11. The molecule has 0 spiro atoms. The van der Waals surface area contributed by atoms with E-state index in [0.29, 0.717) is 12.1 Å². The van der Waals surface area contributed by atoms with Gasteiger partial charge in [-0.1, -0.05) is 13.3 Å². The van der Waals surface area contributed by atoms with Crippen LogP contribution in [0.25, 0.3) is 0 Å². The molecule has 0 aromatic rings. The second kappa shape index (κ2) is 6.38. The van der Waals surface area contributed by atoms with Crippen molar-refractivity contribution in [2.75, 3.05) is 13.2 Å². The van der Waals surface area contributed by atoms with E-state index in [1.807, 2.05) is 0 Å². The van der Waals surface area contributed by atoms with E-state index in [1.165, 1.54) is 19.3 Å². The summed E-state index contributed by atoms with van der Waals surface area (Å²) >= 11 is 0. The zero-order valence-corrected chi connectivity index (χ0v) is 9.42. The SMILES string of the molecule is CCC(CO)NCC1CCCC(C)N1. The van der Waals surface area contributed by atoms with Gasteiger partial charge in [0.05, 0.1) is 6.61 Å². The van der Waals surface area contributed by atoms with E-state index in [0.717, 1.165) is 13.0 Å². The van der Waals surface area contributed by atoms with Crippen LogP contribution in [0.2, 0.25) is 0 Å². The average molecular weight is 200 g/mol. The lowest BCUT2D eigenvalue weighted by Gasteiger charge is -2.30. The van der Waals surface area contributed by atoms with Gasteiger partial charge in [0.1, 0.15) is 0 Å². The Morgan fingerprint density at radius 1 is 1.50 bits per heavy atom. The molecule has 1 aliphatic heterocycles. The largest absolute Gasteiger partial charge is 0.395 e. The molecule has 3 N–H and O–H groups in total. The second-order valence-electron chi connectivity index (χ2n) is 4.39. The molecule has 0 aromatic carbocycles. The van der Waals surface area contributed by atoms with Gasteiger partial charge in [-0.15, -0.1) is 0 Å². The molecular weight excluding hydrogens is 176 g/mol. The summed E-state index contributed by atoms with van der Waals surface area (Å²) in [5, 5.41) is 16.0. The highest BCUT2D eigenvalue weighted by molar-refractivity contribution is 4.80. The molecule has 0 aromatic heterocycles. The number of nitrogens with one attached hydrogen (secondary N) is 2. The highest BCUT2D eigenvalue weighted by atomic mass is 16.3. The first-order valence-corrected chi connectivity index (χ1v) is 5.86. The Bertz CT molecular complexity index is 148. The fraction of sp³-hybridized carbons (Fsp3) is 1.00. The van der Waals surface area contributed by atoms with Gasteiger partial charge in [-0.2, -0.15) is 0 Å². The summed E-state index contributed by atoms with van der Waals surface area (Å²) in [7, 11) is 0. The zero-order chi connectivity index (χ0) is 10.4. The summed E-state index contributed by atoms with van der Waals surface area (Å²) in [5.41, 5.74) is 0. The van der Waals surface area contributed by atoms with Crippen molar-refractivity contribution in [3.63, 3.8) is 0 Å². The van der Waals surface area contributed by atoms with Crippen LogP contribution in [-0.4, -0.2) is 36.4 Å². The first kappa shape index (κ1) is 12.0. The predicted octanol–water partition coefficient (Wildman–Crippen LogP) is 0.877. The quantitative estimate of drug-likeness (QED) is 0.617. The van der Waals surface area contributed by atoms with Gasteiger partial charge in [0.15, 0.2) is 0 Å². The minimum Gasteiger partial charge on any atom is -0.395 e. The molecule has 0 saturated carbocycles. The van der Waals surface area contributed by atoms with Crippen molar-refractivity contribution in [2.45, 2.75) is 57.7 Å². The smallest absolute Gasteiger partial charge is 0.0584 e. The van der Waals surface area contributed by atoms with Crippen molar-refractivity contribution < 1.29 is 5.11 Å². The minimum absolute atomic E-state index is 0.249. The highest BCUT2D eigenvalue weighted by Gasteiger charge is 2.17. The van der Waals surface area contributed by atoms with Crippen LogP contribution in [0.3, 0.4) is 0 Å². The van der Waals surface area contributed by atoms with E-state index in [-0.39, 0.29) is 12.6 Å². The third-order valence-corrected chi connectivity index (χ3v) is 3.08. The minimum atomic E-state index is 0.249. The summed E-state index contributed by atoms with van der Waals surface area (Å²) in [5.74, 6) is 0. The van der Waals surface area contributed by atoms with Gasteiger partial charge in [-0.25, -0.2) is 0 Å². The van der Waals surface area contributed by atoms with Crippen LogP contribution in [0.15, 0.2) is 0 Å².